The Hall–Kier alpha value is -2.37. The summed E-state index contributed by atoms with van der Waals surface area (Å²) in [6.45, 7) is 2.12. The van der Waals surface area contributed by atoms with Gasteiger partial charge in [0.25, 0.3) is 0 Å². The van der Waals surface area contributed by atoms with E-state index in [4.69, 9.17) is 0 Å². The van der Waals surface area contributed by atoms with Crippen LogP contribution in [0.2, 0.25) is 0 Å². The van der Waals surface area contributed by atoms with Crippen LogP contribution in [0, 0.1) is 0 Å². The summed E-state index contributed by atoms with van der Waals surface area (Å²) in [6.07, 6.45) is 0.406. The molecule has 0 bridgehead atoms. The van der Waals surface area contributed by atoms with Gasteiger partial charge in [-0.25, -0.2) is 0 Å². The third-order valence-corrected chi connectivity index (χ3v) is 2.57. The van der Waals surface area contributed by atoms with Crippen LogP contribution in [0.1, 0.15) is 31.7 Å². The SMILES string of the molecule is CCC(=O)NNC(=O)CCC(=O)NCc1ccccc1. The zero-order valence-electron chi connectivity index (χ0n) is 11.4. The smallest absolute Gasteiger partial charge is 0.238 e. The Kier molecular flexibility index (Phi) is 6.81. The van der Waals surface area contributed by atoms with Crippen molar-refractivity contribution in [2.75, 3.05) is 0 Å². The summed E-state index contributed by atoms with van der Waals surface area (Å²) in [6, 6.07) is 9.51. The summed E-state index contributed by atoms with van der Waals surface area (Å²) in [7, 11) is 0. The van der Waals surface area contributed by atoms with Gasteiger partial charge in [0, 0.05) is 25.8 Å². The molecule has 0 aliphatic rings. The van der Waals surface area contributed by atoms with Crippen LogP contribution in [-0.2, 0) is 20.9 Å². The van der Waals surface area contributed by atoms with Gasteiger partial charge in [-0.2, -0.15) is 0 Å². The third kappa shape index (κ3) is 6.53. The standard InChI is InChI=1S/C14H19N3O3/c1-2-12(18)16-17-14(20)9-8-13(19)15-10-11-6-4-3-5-7-11/h3-7H,2,8-10H2,1H3,(H,15,19)(H,16,18)(H,17,20). The summed E-state index contributed by atoms with van der Waals surface area (Å²) in [5, 5.41) is 2.72. The molecule has 0 saturated heterocycles. The molecule has 20 heavy (non-hydrogen) atoms. The van der Waals surface area contributed by atoms with Gasteiger partial charge in [-0.1, -0.05) is 37.3 Å². The van der Waals surface area contributed by atoms with Crippen molar-refractivity contribution in [2.45, 2.75) is 32.7 Å². The lowest BCUT2D eigenvalue weighted by Crippen LogP contribution is -2.41. The first kappa shape index (κ1) is 15.7. The average Bonchev–Trinajstić information content (AvgIpc) is 2.49. The van der Waals surface area contributed by atoms with Crippen LogP contribution in [0.3, 0.4) is 0 Å². The average molecular weight is 277 g/mol. The first-order valence-corrected chi connectivity index (χ1v) is 6.50. The Morgan fingerprint density at radius 3 is 2.15 bits per heavy atom. The Balaban J connectivity index is 2.16. The number of benzene rings is 1. The molecule has 3 amide bonds. The molecule has 0 aliphatic carbocycles. The lowest BCUT2D eigenvalue weighted by atomic mass is 10.2. The second-order valence-corrected chi connectivity index (χ2v) is 4.21. The highest BCUT2D eigenvalue weighted by Crippen LogP contribution is 1.98. The van der Waals surface area contributed by atoms with Crippen molar-refractivity contribution in [1.29, 1.82) is 0 Å². The number of carbonyl (C=O) groups excluding carboxylic acids is 3. The molecule has 0 unspecified atom stereocenters. The van der Waals surface area contributed by atoms with Crippen molar-refractivity contribution in [1.82, 2.24) is 16.2 Å². The van der Waals surface area contributed by atoms with Gasteiger partial charge in [0.15, 0.2) is 0 Å². The largest absolute Gasteiger partial charge is 0.352 e. The summed E-state index contributed by atoms with van der Waals surface area (Å²) < 4.78 is 0. The van der Waals surface area contributed by atoms with Gasteiger partial charge in [-0.3, -0.25) is 25.2 Å². The molecule has 6 heteroatoms. The summed E-state index contributed by atoms with van der Waals surface area (Å²) in [4.78, 5) is 33.8. The molecule has 0 saturated carbocycles. The highest BCUT2D eigenvalue weighted by Gasteiger charge is 2.07. The molecule has 108 valence electrons. The van der Waals surface area contributed by atoms with Crippen molar-refractivity contribution in [3.05, 3.63) is 35.9 Å². The topological polar surface area (TPSA) is 87.3 Å². The first-order chi connectivity index (χ1) is 9.61. The van der Waals surface area contributed by atoms with Crippen molar-refractivity contribution in [3.8, 4) is 0 Å². The molecule has 0 radical (unpaired) electrons. The molecule has 0 heterocycles. The van der Waals surface area contributed by atoms with Crippen molar-refractivity contribution in [2.24, 2.45) is 0 Å². The maximum absolute atomic E-state index is 11.5. The monoisotopic (exact) mass is 277 g/mol. The molecule has 0 aromatic heterocycles. The fraction of sp³-hybridized carbons (Fsp3) is 0.357. The number of amides is 3. The number of hydrazine groups is 1. The predicted molar refractivity (Wildman–Crippen MR) is 74.1 cm³/mol. The van der Waals surface area contributed by atoms with E-state index in [0.29, 0.717) is 6.54 Å². The van der Waals surface area contributed by atoms with Gasteiger partial charge >= 0.3 is 0 Å². The van der Waals surface area contributed by atoms with Crippen molar-refractivity contribution in [3.63, 3.8) is 0 Å². The Morgan fingerprint density at radius 1 is 0.900 bits per heavy atom. The highest BCUT2D eigenvalue weighted by atomic mass is 16.2. The van der Waals surface area contributed by atoms with E-state index in [2.05, 4.69) is 16.2 Å². The predicted octanol–water partition coefficient (Wildman–Crippen LogP) is 0.640. The fourth-order valence-corrected chi connectivity index (χ4v) is 1.40. The van der Waals surface area contributed by atoms with E-state index in [1.807, 2.05) is 30.3 Å². The van der Waals surface area contributed by atoms with Gasteiger partial charge in [0.05, 0.1) is 0 Å². The normalized spacial score (nSPS) is 9.65. The van der Waals surface area contributed by atoms with Crippen LogP contribution in [0.5, 0.6) is 0 Å². The van der Waals surface area contributed by atoms with E-state index in [0.717, 1.165) is 5.56 Å². The molecule has 1 aromatic carbocycles. The number of hydrogen-bond acceptors (Lipinski definition) is 3. The maximum Gasteiger partial charge on any atom is 0.238 e. The molecule has 0 atom stereocenters. The molecule has 0 aliphatic heterocycles. The van der Waals surface area contributed by atoms with E-state index in [1.165, 1.54) is 0 Å². The third-order valence-electron chi connectivity index (χ3n) is 2.57. The van der Waals surface area contributed by atoms with Crippen LogP contribution in [0.25, 0.3) is 0 Å². The van der Waals surface area contributed by atoms with Crippen LogP contribution in [0.15, 0.2) is 30.3 Å². The van der Waals surface area contributed by atoms with E-state index < -0.39 is 0 Å². The first-order valence-electron chi connectivity index (χ1n) is 6.50. The quantitative estimate of drug-likeness (QED) is 0.667. The van der Waals surface area contributed by atoms with Gasteiger partial charge in [0.1, 0.15) is 0 Å². The second kappa shape index (κ2) is 8.68. The Bertz CT molecular complexity index is 460. The minimum atomic E-state index is -0.387. The van der Waals surface area contributed by atoms with E-state index in [-0.39, 0.29) is 37.0 Å². The van der Waals surface area contributed by atoms with Crippen LogP contribution in [0.4, 0.5) is 0 Å². The van der Waals surface area contributed by atoms with Crippen molar-refractivity contribution >= 4 is 17.7 Å². The molecule has 0 fully saturated rings. The molecule has 1 aromatic rings. The second-order valence-electron chi connectivity index (χ2n) is 4.21. The summed E-state index contributed by atoms with van der Waals surface area (Å²) in [5.41, 5.74) is 5.49. The van der Waals surface area contributed by atoms with E-state index in [9.17, 15) is 14.4 Å². The summed E-state index contributed by atoms with van der Waals surface area (Å²) >= 11 is 0. The highest BCUT2D eigenvalue weighted by molar-refractivity contribution is 5.85. The molecule has 1 rings (SSSR count). The van der Waals surface area contributed by atoms with Gasteiger partial charge in [-0.05, 0) is 5.56 Å². The Morgan fingerprint density at radius 2 is 1.50 bits per heavy atom. The zero-order valence-corrected chi connectivity index (χ0v) is 11.4. The zero-order chi connectivity index (χ0) is 14.8. The van der Waals surface area contributed by atoms with Crippen LogP contribution in [-0.4, -0.2) is 17.7 Å². The van der Waals surface area contributed by atoms with Crippen LogP contribution < -0.4 is 16.2 Å². The molecule has 6 nitrogen and oxygen atoms in total. The molecular weight excluding hydrogens is 258 g/mol. The van der Waals surface area contributed by atoms with Crippen LogP contribution >= 0.6 is 0 Å². The number of hydrogen-bond donors (Lipinski definition) is 3. The number of rotatable bonds is 6. The van der Waals surface area contributed by atoms with Gasteiger partial charge < -0.3 is 5.32 Å². The van der Waals surface area contributed by atoms with Gasteiger partial charge in [-0.15, -0.1) is 0 Å². The number of carbonyl (C=O) groups is 3. The Labute approximate surface area is 117 Å². The molecule has 0 spiro atoms. The molecule has 3 N–H and O–H groups in total. The fourth-order valence-electron chi connectivity index (χ4n) is 1.40. The lowest BCUT2D eigenvalue weighted by molar-refractivity contribution is -0.130. The van der Waals surface area contributed by atoms with E-state index >= 15 is 0 Å². The minimum Gasteiger partial charge on any atom is -0.352 e. The van der Waals surface area contributed by atoms with E-state index in [1.54, 1.807) is 6.92 Å². The molecular formula is C14H19N3O3. The number of nitrogens with one attached hydrogen (secondary N) is 3. The van der Waals surface area contributed by atoms with Crippen molar-refractivity contribution < 1.29 is 14.4 Å². The van der Waals surface area contributed by atoms with Gasteiger partial charge in [0.2, 0.25) is 17.7 Å². The maximum atomic E-state index is 11.5. The summed E-state index contributed by atoms with van der Waals surface area (Å²) in [5.74, 6) is -0.862. The lowest BCUT2D eigenvalue weighted by Gasteiger charge is -2.07. The minimum absolute atomic E-state index is 0.0324.